The Bertz CT molecular complexity index is 611. The molecule has 5 atom stereocenters. The SMILES string of the molecule is O=C1NC23CC4[CH]C(CC(C4)C2)C3[C](O)c2ccccc21. The molecular weight excluding hydrogens is 262 g/mol. The number of amides is 1. The molecule has 4 fully saturated rings. The summed E-state index contributed by atoms with van der Waals surface area (Å²) in [5, 5.41) is 14.3. The average molecular weight is 281 g/mol. The molecule has 1 aromatic carbocycles. The smallest absolute Gasteiger partial charge is 0.252 e. The molecule has 1 aliphatic heterocycles. The van der Waals surface area contributed by atoms with Gasteiger partial charge in [-0.05, 0) is 61.5 Å². The topological polar surface area (TPSA) is 49.3 Å². The zero-order chi connectivity index (χ0) is 14.2. The Morgan fingerprint density at radius 3 is 2.76 bits per heavy atom. The lowest BCUT2D eigenvalue weighted by Gasteiger charge is -2.61. The van der Waals surface area contributed by atoms with Crippen LogP contribution in [0.25, 0.3) is 0 Å². The van der Waals surface area contributed by atoms with Crippen LogP contribution in [0.15, 0.2) is 24.3 Å². The number of carbonyl (C=O) groups excluding carboxylic acids is 1. The Labute approximate surface area is 124 Å². The zero-order valence-electron chi connectivity index (χ0n) is 11.9. The number of aliphatic hydroxyl groups is 1. The fraction of sp³-hybridized carbons (Fsp3) is 0.500. The van der Waals surface area contributed by atoms with Gasteiger partial charge in [-0.3, -0.25) is 4.79 Å². The first kappa shape index (κ1) is 12.2. The molecule has 108 valence electrons. The van der Waals surface area contributed by atoms with E-state index in [9.17, 15) is 9.90 Å². The predicted octanol–water partition coefficient (Wildman–Crippen LogP) is 2.69. The van der Waals surface area contributed by atoms with Crippen LogP contribution in [0, 0.1) is 36.2 Å². The van der Waals surface area contributed by atoms with E-state index in [0.717, 1.165) is 18.4 Å². The Balaban J connectivity index is 1.68. The van der Waals surface area contributed by atoms with E-state index in [1.807, 2.05) is 24.3 Å². The second-order valence-corrected chi connectivity index (χ2v) is 7.38. The molecule has 1 aromatic rings. The molecule has 1 spiro atoms. The number of hydrogen-bond acceptors (Lipinski definition) is 2. The fourth-order valence-corrected chi connectivity index (χ4v) is 5.72. The summed E-state index contributed by atoms with van der Waals surface area (Å²) < 4.78 is 0. The Kier molecular flexibility index (Phi) is 2.26. The second-order valence-electron chi connectivity index (χ2n) is 7.38. The van der Waals surface area contributed by atoms with Crippen LogP contribution < -0.4 is 5.32 Å². The van der Waals surface area contributed by atoms with Crippen LogP contribution in [-0.2, 0) is 0 Å². The first-order valence-corrected chi connectivity index (χ1v) is 7.99. The summed E-state index contributed by atoms with van der Waals surface area (Å²) in [4.78, 5) is 12.7. The highest BCUT2D eigenvalue weighted by Crippen LogP contribution is 2.61. The van der Waals surface area contributed by atoms with Crippen molar-refractivity contribution in [2.24, 2.45) is 23.7 Å². The molecule has 3 heteroatoms. The van der Waals surface area contributed by atoms with Crippen molar-refractivity contribution in [3.63, 3.8) is 0 Å². The van der Waals surface area contributed by atoms with E-state index < -0.39 is 0 Å². The molecule has 4 bridgehead atoms. The third kappa shape index (κ3) is 1.50. The summed E-state index contributed by atoms with van der Waals surface area (Å²) in [6.45, 7) is 0. The van der Waals surface area contributed by atoms with Crippen molar-refractivity contribution in [3.8, 4) is 0 Å². The summed E-state index contributed by atoms with van der Waals surface area (Å²) in [6.07, 6.45) is 7.36. The van der Waals surface area contributed by atoms with Crippen molar-refractivity contribution in [1.82, 2.24) is 5.32 Å². The van der Waals surface area contributed by atoms with Crippen molar-refractivity contribution in [2.75, 3.05) is 0 Å². The van der Waals surface area contributed by atoms with E-state index in [1.54, 1.807) is 0 Å². The van der Waals surface area contributed by atoms with Crippen LogP contribution in [-0.4, -0.2) is 16.6 Å². The molecular formula is C18H19NO2. The van der Waals surface area contributed by atoms with E-state index in [0.29, 0.717) is 29.4 Å². The first-order valence-electron chi connectivity index (χ1n) is 7.99. The quantitative estimate of drug-likeness (QED) is 0.768. The number of hydrogen-bond donors (Lipinski definition) is 2. The summed E-state index contributed by atoms with van der Waals surface area (Å²) in [7, 11) is 0. The van der Waals surface area contributed by atoms with Crippen molar-refractivity contribution in [3.05, 3.63) is 47.9 Å². The maximum atomic E-state index is 12.7. The Morgan fingerprint density at radius 1 is 1.14 bits per heavy atom. The monoisotopic (exact) mass is 281 g/mol. The van der Waals surface area contributed by atoms with Crippen molar-refractivity contribution >= 4 is 5.91 Å². The molecule has 1 amide bonds. The van der Waals surface area contributed by atoms with Gasteiger partial charge in [0.15, 0.2) is 0 Å². The van der Waals surface area contributed by atoms with E-state index >= 15 is 0 Å². The van der Waals surface area contributed by atoms with Crippen LogP contribution in [0.4, 0.5) is 0 Å². The minimum atomic E-state index is -0.217. The largest absolute Gasteiger partial charge is 0.381 e. The van der Waals surface area contributed by atoms with Crippen molar-refractivity contribution in [2.45, 2.75) is 31.2 Å². The van der Waals surface area contributed by atoms with E-state index in [-0.39, 0.29) is 17.4 Å². The van der Waals surface area contributed by atoms with E-state index in [1.165, 1.54) is 12.8 Å². The molecule has 0 saturated heterocycles. The van der Waals surface area contributed by atoms with E-state index in [4.69, 9.17) is 0 Å². The lowest BCUT2D eigenvalue weighted by molar-refractivity contribution is -0.0464. The van der Waals surface area contributed by atoms with Gasteiger partial charge in [0.2, 0.25) is 0 Å². The third-order valence-corrected chi connectivity index (χ3v) is 6.17. The molecule has 6 rings (SSSR count). The van der Waals surface area contributed by atoms with Gasteiger partial charge in [0.25, 0.3) is 5.91 Å². The molecule has 4 saturated carbocycles. The van der Waals surface area contributed by atoms with Crippen LogP contribution in [0.5, 0.6) is 0 Å². The van der Waals surface area contributed by atoms with Crippen LogP contribution in [0.2, 0.25) is 0 Å². The molecule has 0 aromatic heterocycles. The van der Waals surface area contributed by atoms with Gasteiger partial charge >= 0.3 is 0 Å². The number of aliphatic hydroxyl groups excluding tert-OH is 1. The van der Waals surface area contributed by atoms with Crippen molar-refractivity contribution < 1.29 is 9.90 Å². The highest BCUT2D eigenvalue weighted by Gasteiger charge is 2.61. The normalized spacial score (nSPS) is 44.0. The van der Waals surface area contributed by atoms with Gasteiger partial charge in [-0.2, -0.15) is 0 Å². The second kappa shape index (κ2) is 3.89. The molecule has 5 aliphatic rings. The lowest BCUT2D eigenvalue weighted by atomic mass is 9.47. The molecule has 21 heavy (non-hydrogen) atoms. The molecule has 4 aliphatic carbocycles. The van der Waals surface area contributed by atoms with Gasteiger partial charge in [0.1, 0.15) is 6.10 Å². The number of fused-ring (bicyclic) bond motifs is 1. The van der Waals surface area contributed by atoms with Gasteiger partial charge < -0.3 is 10.4 Å². The Hall–Kier alpha value is -1.35. The van der Waals surface area contributed by atoms with Crippen LogP contribution in [0.3, 0.4) is 0 Å². The average Bonchev–Trinajstić information content (AvgIpc) is 2.53. The molecule has 3 nitrogen and oxygen atoms in total. The van der Waals surface area contributed by atoms with Gasteiger partial charge in [0.05, 0.1) is 0 Å². The van der Waals surface area contributed by atoms with Gasteiger partial charge in [-0.1, -0.05) is 18.2 Å². The maximum absolute atomic E-state index is 12.7. The molecule has 2 radical (unpaired) electrons. The van der Waals surface area contributed by atoms with Crippen LogP contribution in [0.1, 0.15) is 41.6 Å². The van der Waals surface area contributed by atoms with Crippen LogP contribution >= 0.6 is 0 Å². The summed E-state index contributed by atoms with van der Waals surface area (Å²) in [6, 6.07) is 7.48. The Morgan fingerprint density at radius 2 is 1.95 bits per heavy atom. The van der Waals surface area contributed by atoms with E-state index in [2.05, 4.69) is 11.7 Å². The number of rotatable bonds is 0. The predicted molar refractivity (Wildman–Crippen MR) is 77.6 cm³/mol. The fourth-order valence-electron chi connectivity index (χ4n) is 5.72. The summed E-state index contributed by atoms with van der Waals surface area (Å²) in [5.41, 5.74) is 1.14. The van der Waals surface area contributed by atoms with Crippen molar-refractivity contribution in [1.29, 1.82) is 0 Å². The highest BCUT2D eigenvalue weighted by molar-refractivity contribution is 5.97. The number of carbonyl (C=O) groups is 1. The maximum Gasteiger partial charge on any atom is 0.252 e. The van der Waals surface area contributed by atoms with Gasteiger partial charge in [-0.15, -0.1) is 0 Å². The molecule has 1 heterocycles. The molecule has 2 N–H and O–H groups in total. The minimum absolute atomic E-state index is 0.0124. The third-order valence-electron chi connectivity index (χ3n) is 6.17. The first-order chi connectivity index (χ1) is 10.2. The number of nitrogens with one attached hydrogen (secondary N) is 1. The minimum Gasteiger partial charge on any atom is -0.381 e. The summed E-state index contributed by atoms with van der Waals surface area (Å²) in [5.74, 6) is 1.81. The molecule has 5 unspecified atom stereocenters. The van der Waals surface area contributed by atoms with Gasteiger partial charge in [-0.25, -0.2) is 0 Å². The standard InChI is InChI=1S/C18H19NO2/c20-16-13-3-1-2-4-14(13)17(21)19-18-8-10-5-11(9-18)7-12(6-10)15(16)18/h1-4,6,10-12,15,20H,5,7-9H2,(H,19,21). The number of benzene rings is 1. The zero-order valence-corrected chi connectivity index (χ0v) is 11.9. The lowest BCUT2D eigenvalue weighted by Crippen LogP contribution is -2.65. The highest BCUT2D eigenvalue weighted by atomic mass is 16.3. The van der Waals surface area contributed by atoms with Gasteiger partial charge in [0, 0.05) is 17.0 Å². The summed E-state index contributed by atoms with van der Waals surface area (Å²) >= 11 is 0.